The maximum absolute atomic E-state index is 12.4. The lowest BCUT2D eigenvalue weighted by molar-refractivity contribution is -0.138. The highest BCUT2D eigenvalue weighted by atomic mass is 32.2. The smallest absolute Gasteiger partial charge is 0.323 e. The molecule has 0 radical (unpaired) electrons. The van der Waals surface area contributed by atoms with Gasteiger partial charge in [-0.15, -0.1) is 0 Å². The van der Waals surface area contributed by atoms with Crippen LogP contribution in [0.15, 0.2) is 59.5 Å². The molecule has 3 rings (SSSR count). The Bertz CT molecular complexity index is 990. The van der Waals surface area contributed by atoms with E-state index in [-0.39, 0.29) is 11.4 Å². The molecule has 0 bridgehead atoms. The molecule has 0 spiro atoms. The Hall–Kier alpha value is -2.79. The SMILES string of the molecule is O=C(NC[C@H](NS(=O)(=O)c1ccccc1)C(=O)O)c1ccc(CN2CCNCC2)cc1. The third kappa shape index (κ3) is 6.59. The van der Waals surface area contributed by atoms with Gasteiger partial charge in [0.1, 0.15) is 6.04 Å². The number of carbonyl (C=O) groups excluding carboxylic acids is 1. The average molecular weight is 447 g/mol. The summed E-state index contributed by atoms with van der Waals surface area (Å²) in [6.45, 7) is 4.27. The zero-order valence-corrected chi connectivity index (χ0v) is 17.8. The van der Waals surface area contributed by atoms with Gasteiger partial charge in [0.2, 0.25) is 10.0 Å². The van der Waals surface area contributed by atoms with Crippen LogP contribution in [0.1, 0.15) is 15.9 Å². The van der Waals surface area contributed by atoms with Crippen LogP contribution in [0.4, 0.5) is 0 Å². The minimum atomic E-state index is -4.03. The number of sulfonamides is 1. The van der Waals surface area contributed by atoms with E-state index < -0.39 is 27.9 Å². The number of piperazine rings is 1. The topological polar surface area (TPSA) is 128 Å². The zero-order valence-electron chi connectivity index (χ0n) is 17.0. The fourth-order valence-electron chi connectivity index (χ4n) is 3.22. The van der Waals surface area contributed by atoms with Crippen molar-refractivity contribution in [2.75, 3.05) is 32.7 Å². The first-order valence-electron chi connectivity index (χ1n) is 9.95. The summed E-state index contributed by atoms with van der Waals surface area (Å²) in [5, 5.41) is 15.2. The molecule has 0 saturated carbocycles. The van der Waals surface area contributed by atoms with Crippen molar-refractivity contribution in [2.24, 2.45) is 0 Å². The van der Waals surface area contributed by atoms with Gasteiger partial charge < -0.3 is 15.7 Å². The first-order valence-corrected chi connectivity index (χ1v) is 11.4. The summed E-state index contributed by atoms with van der Waals surface area (Å²) in [7, 11) is -4.03. The molecule has 1 atom stereocenters. The number of amides is 1. The second-order valence-corrected chi connectivity index (χ2v) is 8.97. The quantitative estimate of drug-likeness (QED) is 0.435. The standard InChI is InChI=1S/C21H26N4O5S/c26-20(17-8-6-16(7-9-17)15-25-12-10-22-11-13-25)23-14-19(21(27)28)24-31(29,30)18-4-2-1-3-5-18/h1-9,19,22,24H,10-15H2,(H,23,26)(H,27,28)/t19-/m0/s1. The fourth-order valence-corrected chi connectivity index (χ4v) is 4.43. The van der Waals surface area contributed by atoms with Gasteiger partial charge >= 0.3 is 5.97 Å². The van der Waals surface area contributed by atoms with Gasteiger partial charge in [-0.2, -0.15) is 4.72 Å². The highest BCUT2D eigenvalue weighted by Gasteiger charge is 2.26. The Kier molecular flexibility index (Phi) is 7.75. The van der Waals surface area contributed by atoms with Crippen LogP contribution in [0.2, 0.25) is 0 Å². The normalized spacial score (nSPS) is 15.9. The number of rotatable bonds is 9. The summed E-state index contributed by atoms with van der Waals surface area (Å²) in [4.78, 5) is 26.2. The van der Waals surface area contributed by atoms with Gasteiger partial charge in [-0.3, -0.25) is 14.5 Å². The lowest BCUT2D eigenvalue weighted by Gasteiger charge is -2.27. The van der Waals surface area contributed by atoms with Crippen molar-refractivity contribution in [3.05, 3.63) is 65.7 Å². The van der Waals surface area contributed by atoms with E-state index in [9.17, 15) is 23.1 Å². The molecule has 0 unspecified atom stereocenters. The number of benzene rings is 2. The molecule has 0 aromatic heterocycles. The molecule has 1 aliphatic heterocycles. The summed E-state index contributed by atoms with van der Waals surface area (Å²) in [5.74, 6) is -1.86. The molecule has 9 nitrogen and oxygen atoms in total. The van der Waals surface area contributed by atoms with Gasteiger partial charge in [-0.25, -0.2) is 8.42 Å². The first-order chi connectivity index (χ1) is 14.8. The molecule has 10 heteroatoms. The third-order valence-electron chi connectivity index (χ3n) is 4.95. The van der Waals surface area contributed by atoms with Gasteiger partial charge in [0.15, 0.2) is 0 Å². The number of nitrogens with one attached hydrogen (secondary N) is 3. The number of nitrogens with zero attached hydrogens (tertiary/aromatic N) is 1. The Morgan fingerprint density at radius 3 is 2.29 bits per heavy atom. The van der Waals surface area contributed by atoms with E-state index in [1.54, 1.807) is 18.2 Å². The predicted octanol–water partition coefficient (Wildman–Crippen LogP) is 0.253. The van der Waals surface area contributed by atoms with E-state index in [4.69, 9.17) is 0 Å². The van der Waals surface area contributed by atoms with Crippen LogP contribution < -0.4 is 15.4 Å². The van der Waals surface area contributed by atoms with Gasteiger partial charge in [0.05, 0.1) is 4.90 Å². The van der Waals surface area contributed by atoms with Crippen LogP contribution in [0, 0.1) is 0 Å². The summed E-state index contributed by atoms with van der Waals surface area (Å²) in [6.07, 6.45) is 0. The van der Waals surface area contributed by atoms with Crippen molar-refractivity contribution in [2.45, 2.75) is 17.5 Å². The Balaban J connectivity index is 1.56. The molecular formula is C21H26N4O5S. The van der Waals surface area contributed by atoms with Crippen LogP contribution in [0.25, 0.3) is 0 Å². The maximum Gasteiger partial charge on any atom is 0.323 e. The number of hydrogen-bond donors (Lipinski definition) is 4. The van der Waals surface area contributed by atoms with Gasteiger partial charge in [0.25, 0.3) is 5.91 Å². The van der Waals surface area contributed by atoms with Crippen LogP contribution in [0.5, 0.6) is 0 Å². The van der Waals surface area contributed by atoms with Gasteiger partial charge in [-0.1, -0.05) is 30.3 Å². The predicted molar refractivity (Wildman–Crippen MR) is 115 cm³/mol. The van der Waals surface area contributed by atoms with E-state index in [1.807, 2.05) is 12.1 Å². The van der Waals surface area contributed by atoms with Gasteiger partial charge in [-0.05, 0) is 29.8 Å². The Labute approximate surface area is 181 Å². The highest BCUT2D eigenvalue weighted by Crippen LogP contribution is 2.10. The summed E-state index contributed by atoms with van der Waals surface area (Å²) in [5.41, 5.74) is 1.46. The fraction of sp³-hybridized carbons (Fsp3) is 0.333. The average Bonchev–Trinajstić information content (AvgIpc) is 2.78. The largest absolute Gasteiger partial charge is 0.480 e. The number of aliphatic carboxylic acids is 1. The third-order valence-corrected chi connectivity index (χ3v) is 6.44. The number of hydrogen-bond acceptors (Lipinski definition) is 6. The van der Waals surface area contributed by atoms with E-state index in [1.165, 1.54) is 24.3 Å². The van der Waals surface area contributed by atoms with Crippen molar-refractivity contribution in [3.8, 4) is 0 Å². The van der Waals surface area contributed by atoms with Crippen LogP contribution in [-0.2, 0) is 21.4 Å². The number of carboxylic acids is 1. The molecule has 1 saturated heterocycles. The van der Waals surface area contributed by atoms with Crippen molar-refractivity contribution < 1.29 is 23.1 Å². The lowest BCUT2D eigenvalue weighted by Crippen LogP contribution is -2.48. The van der Waals surface area contributed by atoms with E-state index in [0.29, 0.717) is 5.56 Å². The van der Waals surface area contributed by atoms with Crippen molar-refractivity contribution >= 4 is 21.9 Å². The molecule has 4 N–H and O–H groups in total. The summed E-state index contributed by atoms with van der Waals surface area (Å²) >= 11 is 0. The molecular weight excluding hydrogens is 420 g/mol. The molecule has 1 fully saturated rings. The molecule has 1 aliphatic rings. The zero-order chi connectivity index (χ0) is 22.3. The Morgan fingerprint density at radius 2 is 1.68 bits per heavy atom. The van der Waals surface area contributed by atoms with Crippen LogP contribution in [-0.4, -0.2) is 69.1 Å². The second kappa shape index (κ2) is 10.5. The number of carboxylic acid groups (broad SMARTS) is 1. The maximum atomic E-state index is 12.4. The molecule has 2 aromatic rings. The molecule has 0 aliphatic carbocycles. The number of carbonyl (C=O) groups is 2. The van der Waals surface area contributed by atoms with E-state index in [0.717, 1.165) is 38.3 Å². The summed E-state index contributed by atoms with van der Waals surface area (Å²) in [6, 6.07) is 13.0. The first kappa shape index (κ1) is 22.9. The molecule has 166 valence electrons. The van der Waals surface area contributed by atoms with Crippen molar-refractivity contribution in [3.63, 3.8) is 0 Å². The van der Waals surface area contributed by atoms with E-state index in [2.05, 4.69) is 20.3 Å². The van der Waals surface area contributed by atoms with Crippen molar-refractivity contribution in [1.82, 2.24) is 20.3 Å². The van der Waals surface area contributed by atoms with Gasteiger partial charge in [0, 0.05) is 44.8 Å². The molecule has 2 aromatic carbocycles. The minimum absolute atomic E-state index is 0.0485. The van der Waals surface area contributed by atoms with Crippen LogP contribution >= 0.6 is 0 Å². The monoisotopic (exact) mass is 446 g/mol. The second-order valence-electron chi connectivity index (χ2n) is 7.26. The molecule has 1 amide bonds. The lowest BCUT2D eigenvalue weighted by atomic mass is 10.1. The molecule has 1 heterocycles. The highest BCUT2D eigenvalue weighted by molar-refractivity contribution is 7.89. The van der Waals surface area contributed by atoms with Crippen molar-refractivity contribution in [1.29, 1.82) is 0 Å². The summed E-state index contributed by atoms with van der Waals surface area (Å²) < 4.78 is 26.9. The molecule has 31 heavy (non-hydrogen) atoms. The minimum Gasteiger partial charge on any atom is -0.480 e. The van der Waals surface area contributed by atoms with E-state index >= 15 is 0 Å². The Morgan fingerprint density at radius 1 is 1.03 bits per heavy atom. The van der Waals surface area contributed by atoms with Crippen LogP contribution in [0.3, 0.4) is 0 Å².